The highest BCUT2D eigenvalue weighted by molar-refractivity contribution is 6.35. The van der Waals surface area contributed by atoms with Crippen LogP contribution >= 0.6 is 23.2 Å². The van der Waals surface area contributed by atoms with Gasteiger partial charge in [0.15, 0.2) is 5.82 Å². The Labute approximate surface area is 121 Å². The summed E-state index contributed by atoms with van der Waals surface area (Å²) in [6.45, 7) is 2.54. The van der Waals surface area contributed by atoms with Gasteiger partial charge in [-0.25, -0.2) is 0 Å². The van der Waals surface area contributed by atoms with Crippen molar-refractivity contribution in [3.05, 3.63) is 45.5 Å². The molecule has 1 unspecified atom stereocenters. The molecule has 1 aromatic heterocycles. The van der Waals surface area contributed by atoms with E-state index in [1.807, 2.05) is 13.0 Å². The molecule has 0 saturated heterocycles. The second-order valence-corrected chi connectivity index (χ2v) is 5.15. The topological polar surface area (TPSA) is 64.9 Å². The Morgan fingerprint density at radius 1 is 1.37 bits per heavy atom. The molecule has 0 radical (unpaired) electrons. The van der Waals surface area contributed by atoms with Gasteiger partial charge in [0.05, 0.1) is 5.92 Å². The molecule has 0 spiro atoms. The van der Waals surface area contributed by atoms with Crippen LogP contribution in [0.2, 0.25) is 10.0 Å². The first-order chi connectivity index (χ1) is 9.13. The summed E-state index contributed by atoms with van der Waals surface area (Å²) in [4.78, 5) is 4.36. The molecule has 2 rings (SSSR count). The van der Waals surface area contributed by atoms with Gasteiger partial charge in [0.2, 0.25) is 5.89 Å². The van der Waals surface area contributed by atoms with Crippen LogP contribution in [-0.4, -0.2) is 16.7 Å². The molecule has 2 N–H and O–H groups in total. The summed E-state index contributed by atoms with van der Waals surface area (Å²) < 4.78 is 5.23. The van der Waals surface area contributed by atoms with Gasteiger partial charge in [-0.1, -0.05) is 41.3 Å². The molecule has 1 aromatic carbocycles. The van der Waals surface area contributed by atoms with Gasteiger partial charge in [0.25, 0.3) is 0 Å². The second kappa shape index (κ2) is 6.37. The van der Waals surface area contributed by atoms with Crippen molar-refractivity contribution < 1.29 is 4.52 Å². The van der Waals surface area contributed by atoms with E-state index in [0.717, 1.165) is 12.0 Å². The fraction of sp³-hybridized carbons (Fsp3) is 0.385. The largest absolute Gasteiger partial charge is 0.339 e. The van der Waals surface area contributed by atoms with E-state index in [2.05, 4.69) is 10.1 Å². The molecular weight excluding hydrogens is 285 g/mol. The summed E-state index contributed by atoms with van der Waals surface area (Å²) in [5, 5.41) is 5.17. The molecule has 19 heavy (non-hydrogen) atoms. The molecule has 0 aliphatic rings. The summed E-state index contributed by atoms with van der Waals surface area (Å²) in [5.74, 6) is 1.30. The van der Waals surface area contributed by atoms with Gasteiger partial charge in [0, 0.05) is 23.0 Å². The smallest absolute Gasteiger partial charge is 0.231 e. The normalized spacial score (nSPS) is 12.6. The first-order valence-electron chi connectivity index (χ1n) is 6.10. The Balaban J connectivity index is 2.15. The number of rotatable bonds is 5. The highest BCUT2D eigenvalue weighted by Gasteiger charge is 2.16. The second-order valence-electron chi connectivity index (χ2n) is 4.30. The van der Waals surface area contributed by atoms with E-state index < -0.39 is 0 Å². The quantitative estimate of drug-likeness (QED) is 0.919. The van der Waals surface area contributed by atoms with Crippen LogP contribution in [0.15, 0.2) is 22.7 Å². The number of halogens is 2. The summed E-state index contributed by atoms with van der Waals surface area (Å²) in [5.41, 5.74) is 6.57. The minimum Gasteiger partial charge on any atom is -0.339 e. The van der Waals surface area contributed by atoms with Crippen molar-refractivity contribution in [2.24, 2.45) is 5.73 Å². The summed E-state index contributed by atoms with van der Waals surface area (Å²) >= 11 is 12.0. The maximum Gasteiger partial charge on any atom is 0.231 e. The van der Waals surface area contributed by atoms with E-state index in [4.69, 9.17) is 33.5 Å². The molecule has 0 saturated carbocycles. The van der Waals surface area contributed by atoms with Gasteiger partial charge in [-0.2, -0.15) is 4.98 Å². The van der Waals surface area contributed by atoms with E-state index in [-0.39, 0.29) is 5.92 Å². The Kier molecular flexibility index (Phi) is 4.80. The van der Waals surface area contributed by atoms with Crippen LogP contribution in [0.4, 0.5) is 0 Å². The third-order valence-electron chi connectivity index (χ3n) is 2.97. The molecular formula is C13H15Cl2N3O. The van der Waals surface area contributed by atoms with Crippen LogP contribution in [-0.2, 0) is 6.42 Å². The van der Waals surface area contributed by atoms with Crippen LogP contribution in [0.3, 0.4) is 0 Å². The summed E-state index contributed by atoms with van der Waals surface area (Å²) in [6, 6.07) is 5.35. The van der Waals surface area contributed by atoms with Crippen molar-refractivity contribution in [1.29, 1.82) is 0 Å². The van der Waals surface area contributed by atoms with Gasteiger partial charge < -0.3 is 10.3 Å². The zero-order chi connectivity index (χ0) is 13.8. The number of hydrogen-bond acceptors (Lipinski definition) is 4. The van der Waals surface area contributed by atoms with Crippen LogP contribution in [0, 0.1) is 0 Å². The monoisotopic (exact) mass is 299 g/mol. The number of benzene rings is 1. The first kappa shape index (κ1) is 14.3. The lowest BCUT2D eigenvalue weighted by Crippen LogP contribution is -2.11. The molecule has 1 atom stereocenters. The van der Waals surface area contributed by atoms with Gasteiger partial charge in [-0.3, -0.25) is 0 Å². The van der Waals surface area contributed by atoms with Crippen molar-refractivity contribution in [3.8, 4) is 0 Å². The number of nitrogens with two attached hydrogens (primary N) is 1. The number of hydrogen-bond donors (Lipinski definition) is 1. The molecule has 0 fully saturated rings. The van der Waals surface area contributed by atoms with Crippen LogP contribution in [0.5, 0.6) is 0 Å². The summed E-state index contributed by atoms with van der Waals surface area (Å²) in [6.07, 6.45) is 1.39. The lowest BCUT2D eigenvalue weighted by molar-refractivity contribution is 0.348. The molecule has 102 valence electrons. The molecule has 4 nitrogen and oxygen atoms in total. The standard InChI is InChI=1S/C13H15Cl2N3O/c1-2-8(7-16)13-17-12(18-19-13)5-9-3-4-10(14)6-11(9)15/h3-4,6,8H,2,5,7,16H2,1H3. The fourth-order valence-electron chi connectivity index (χ4n) is 1.78. The number of aromatic nitrogens is 2. The molecule has 0 bridgehead atoms. The third-order valence-corrected chi connectivity index (χ3v) is 3.56. The molecule has 0 aliphatic carbocycles. The maximum atomic E-state index is 6.11. The van der Waals surface area contributed by atoms with Crippen molar-refractivity contribution in [3.63, 3.8) is 0 Å². The molecule has 1 heterocycles. The Bertz CT molecular complexity index is 553. The Hall–Kier alpha value is -1.10. The Morgan fingerprint density at radius 2 is 2.16 bits per heavy atom. The summed E-state index contributed by atoms with van der Waals surface area (Å²) in [7, 11) is 0. The maximum absolute atomic E-state index is 6.11. The molecule has 2 aromatic rings. The predicted octanol–water partition coefficient (Wildman–Crippen LogP) is 3.42. The number of nitrogens with zero attached hydrogens (tertiary/aromatic N) is 2. The van der Waals surface area contributed by atoms with Crippen LogP contribution < -0.4 is 5.73 Å². The van der Waals surface area contributed by atoms with Crippen molar-refractivity contribution >= 4 is 23.2 Å². The zero-order valence-corrected chi connectivity index (χ0v) is 12.1. The minimum atomic E-state index is 0.113. The average molecular weight is 300 g/mol. The van der Waals surface area contributed by atoms with E-state index in [9.17, 15) is 0 Å². The minimum absolute atomic E-state index is 0.113. The van der Waals surface area contributed by atoms with E-state index in [1.54, 1.807) is 12.1 Å². The first-order valence-corrected chi connectivity index (χ1v) is 6.86. The van der Waals surface area contributed by atoms with Gasteiger partial charge in [0.1, 0.15) is 0 Å². The predicted molar refractivity (Wildman–Crippen MR) is 75.7 cm³/mol. The van der Waals surface area contributed by atoms with Gasteiger partial charge in [-0.05, 0) is 24.1 Å². The molecule has 0 amide bonds. The van der Waals surface area contributed by atoms with Crippen molar-refractivity contribution in [2.75, 3.05) is 6.54 Å². The van der Waals surface area contributed by atoms with Crippen LogP contribution in [0.25, 0.3) is 0 Å². The lowest BCUT2D eigenvalue weighted by Gasteiger charge is -2.04. The van der Waals surface area contributed by atoms with Gasteiger partial charge >= 0.3 is 0 Å². The molecule has 0 aliphatic heterocycles. The highest BCUT2D eigenvalue weighted by Crippen LogP contribution is 2.23. The SMILES string of the molecule is CCC(CN)c1nc(Cc2ccc(Cl)cc2Cl)no1. The Morgan fingerprint density at radius 3 is 2.79 bits per heavy atom. The lowest BCUT2D eigenvalue weighted by atomic mass is 10.1. The van der Waals surface area contributed by atoms with E-state index in [0.29, 0.717) is 34.7 Å². The zero-order valence-electron chi connectivity index (χ0n) is 10.6. The molecule has 6 heteroatoms. The van der Waals surface area contributed by atoms with E-state index in [1.165, 1.54) is 0 Å². The fourth-order valence-corrected chi connectivity index (χ4v) is 2.26. The highest BCUT2D eigenvalue weighted by atomic mass is 35.5. The van der Waals surface area contributed by atoms with Crippen LogP contribution in [0.1, 0.15) is 36.5 Å². The third kappa shape index (κ3) is 3.47. The van der Waals surface area contributed by atoms with Gasteiger partial charge in [-0.15, -0.1) is 0 Å². The average Bonchev–Trinajstić information content (AvgIpc) is 2.83. The van der Waals surface area contributed by atoms with Crippen molar-refractivity contribution in [2.45, 2.75) is 25.7 Å². The van der Waals surface area contributed by atoms with Crippen molar-refractivity contribution in [1.82, 2.24) is 10.1 Å². The van der Waals surface area contributed by atoms with E-state index >= 15 is 0 Å².